The van der Waals surface area contributed by atoms with E-state index in [0.29, 0.717) is 6.54 Å². The van der Waals surface area contributed by atoms with Crippen molar-refractivity contribution >= 4 is 0 Å². The number of fused-ring (bicyclic) bond motifs is 4. The standard InChI is InChI=1S/C12H19NO/c1-9-3-10-4-11(5-10)7-12(2,6-9)8-13-14/h7,9-10H,3-6,8H2,1-2H3. The van der Waals surface area contributed by atoms with Crippen molar-refractivity contribution in [1.29, 1.82) is 0 Å². The van der Waals surface area contributed by atoms with Gasteiger partial charge >= 0.3 is 0 Å². The van der Waals surface area contributed by atoms with Gasteiger partial charge in [-0.15, -0.1) is 0 Å². The fourth-order valence-corrected chi connectivity index (χ4v) is 3.22. The highest BCUT2D eigenvalue weighted by molar-refractivity contribution is 5.19. The SMILES string of the molecule is CC1CC2CC(=CC(C)(CN=O)C1)C2. The second kappa shape index (κ2) is 3.48. The topological polar surface area (TPSA) is 29.4 Å². The van der Waals surface area contributed by atoms with Crippen molar-refractivity contribution in [1.82, 2.24) is 0 Å². The number of hydrogen-bond donors (Lipinski definition) is 0. The number of allylic oxidation sites excluding steroid dienone is 1. The molecular formula is C12H19NO. The summed E-state index contributed by atoms with van der Waals surface area (Å²) in [5.74, 6) is 1.68. The zero-order valence-corrected chi connectivity index (χ0v) is 9.12. The minimum Gasteiger partial charge on any atom is -0.151 e. The fraction of sp³-hybridized carbons (Fsp3) is 0.833. The Morgan fingerprint density at radius 1 is 1.57 bits per heavy atom. The van der Waals surface area contributed by atoms with Gasteiger partial charge in [0.2, 0.25) is 0 Å². The lowest BCUT2D eigenvalue weighted by Crippen LogP contribution is -2.29. The summed E-state index contributed by atoms with van der Waals surface area (Å²) in [6, 6.07) is 0. The van der Waals surface area contributed by atoms with Gasteiger partial charge in [0.25, 0.3) is 0 Å². The van der Waals surface area contributed by atoms with Crippen molar-refractivity contribution in [2.45, 2.75) is 39.5 Å². The van der Waals surface area contributed by atoms with Crippen LogP contribution in [-0.2, 0) is 0 Å². The molecule has 0 saturated heterocycles. The molecule has 3 aliphatic carbocycles. The van der Waals surface area contributed by atoms with Crippen LogP contribution in [0, 0.1) is 22.2 Å². The average molecular weight is 193 g/mol. The van der Waals surface area contributed by atoms with Crippen LogP contribution in [0.3, 0.4) is 0 Å². The summed E-state index contributed by atoms with van der Waals surface area (Å²) in [4.78, 5) is 10.4. The lowest BCUT2D eigenvalue weighted by Gasteiger charge is -2.39. The highest BCUT2D eigenvalue weighted by Crippen LogP contribution is 2.45. The van der Waals surface area contributed by atoms with E-state index in [2.05, 4.69) is 25.1 Å². The van der Waals surface area contributed by atoms with E-state index < -0.39 is 0 Å². The Bertz CT molecular complexity index is 263. The van der Waals surface area contributed by atoms with Crippen molar-refractivity contribution in [3.05, 3.63) is 16.6 Å². The number of nitrogens with zero attached hydrogens (tertiary/aromatic N) is 1. The molecule has 0 spiro atoms. The first kappa shape index (κ1) is 9.88. The molecule has 0 radical (unpaired) electrons. The van der Waals surface area contributed by atoms with E-state index in [1.165, 1.54) is 19.3 Å². The van der Waals surface area contributed by atoms with Crippen LogP contribution in [0.4, 0.5) is 0 Å². The Balaban J connectivity index is 2.17. The highest BCUT2D eigenvalue weighted by Gasteiger charge is 2.34. The Morgan fingerprint density at radius 2 is 2.29 bits per heavy atom. The van der Waals surface area contributed by atoms with E-state index in [1.807, 2.05) is 0 Å². The van der Waals surface area contributed by atoms with Gasteiger partial charge in [-0.05, 0) is 37.5 Å². The normalized spacial score (nSPS) is 41.7. The van der Waals surface area contributed by atoms with E-state index in [-0.39, 0.29) is 5.41 Å². The zero-order chi connectivity index (χ0) is 10.2. The van der Waals surface area contributed by atoms with Gasteiger partial charge in [0.15, 0.2) is 0 Å². The maximum atomic E-state index is 10.4. The Morgan fingerprint density at radius 3 is 2.93 bits per heavy atom. The molecule has 3 aliphatic rings. The Labute approximate surface area is 85.7 Å². The van der Waals surface area contributed by atoms with Crippen molar-refractivity contribution in [2.75, 3.05) is 6.54 Å². The summed E-state index contributed by atoms with van der Waals surface area (Å²) in [7, 11) is 0. The van der Waals surface area contributed by atoms with E-state index in [9.17, 15) is 4.91 Å². The summed E-state index contributed by atoms with van der Waals surface area (Å²) in [5.41, 5.74) is 1.61. The quantitative estimate of drug-likeness (QED) is 0.487. The van der Waals surface area contributed by atoms with Crippen LogP contribution in [-0.4, -0.2) is 6.54 Å². The van der Waals surface area contributed by atoms with Gasteiger partial charge < -0.3 is 0 Å². The molecule has 2 bridgehead atoms. The molecule has 14 heavy (non-hydrogen) atoms. The number of rotatable bonds is 2. The van der Waals surface area contributed by atoms with Crippen LogP contribution >= 0.6 is 0 Å². The number of hydrogen-bond acceptors (Lipinski definition) is 2. The maximum absolute atomic E-state index is 10.4. The second-order valence-corrected chi connectivity index (χ2v) is 5.56. The summed E-state index contributed by atoms with van der Waals surface area (Å²) in [6.07, 6.45) is 7.35. The van der Waals surface area contributed by atoms with Crippen molar-refractivity contribution in [2.24, 2.45) is 22.4 Å². The molecule has 78 valence electrons. The van der Waals surface area contributed by atoms with E-state index in [4.69, 9.17) is 0 Å². The molecule has 0 heterocycles. The van der Waals surface area contributed by atoms with Gasteiger partial charge in [-0.25, -0.2) is 0 Å². The predicted molar refractivity (Wildman–Crippen MR) is 58.0 cm³/mol. The summed E-state index contributed by atoms with van der Waals surface area (Å²) >= 11 is 0. The van der Waals surface area contributed by atoms with Crippen LogP contribution in [0.15, 0.2) is 16.8 Å². The average Bonchev–Trinajstić information content (AvgIpc) is 1.97. The van der Waals surface area contributed by atoms with Gasteiger partial charge in [-0.3, -0.25) is 0 Å². The largest absolute Gasteiger partial charge is 0.151 e. The Kier molecular flexibility index (Phi) is 2.46. The first-order valence-electron chi connectivity index (χ1n) is 5.61. The molecule has 2 atom stereocenters. The van der Waals surface area contributed by atoms with Crippen LogP contribution in [0.2, 0.25) is 0 Å². The lowest BCUT2D eigenvalue weighted by molar-refractivity contribution is 0.231. The monoisotopic (exact) mass is 193 g/mol. The van der Waals surface area contributed by atoms with Crippen molar-refractivity contribution < 1.29 is 0 Å². The molecule has 2 unspecified atom stereocenters. The molecule has 0 aromatic heterocycles. The van der Waals surface area contributed by atoms with Gasteiger partial charge in [-0.1, -0.05) is 30.7 Å². The second-order valence-electron chi connectivity index (χ2n) is 5.56. The van der Waals surface area contributed by atoms with Gasteiger partial charge in [0.05, 0.1) is 6.54 Å². The summed E-state index contributed by atoms with van der Waals surface area (Å²) in [6.45, 7) is 4.93. The molecule has 2 nitrogen and oxygen atoms in total. The van der Waals surface area contributed by atoms with Crippen LogP contribution in [0.5, 0.6) is 0 Å². The first-order chi connectivity index (χ1) is 6.61. The molecule has 0 aliphatic heterocycles. The minimum atomic E-state index is 0.0435. The fourth-order valence-electron chi connectivity index (χ4n) is 3.22. The van der Waals surface area contributed by atoms with Gasteiger partial charge in [-0.2, -0.15) is 4.91 Å². The third kappa shape index (κ3) is 1.89. The third-order valence-corrected chi connectivity index (χ3v) is 3.63. The molecule has 1 saturated carbocycles. The number of nitroso groups, excluding NO2 is 1. The van der Waals surface area contributed by atoms with E-state index in [0.717, 1.165) is 18.3 Å². The molecule has 0 aromatic rings. The van der Waals surface area contributed by atoms with Crippen LogP contribution < -0.4 is 0 Å². The molecule has 2 heteroatoms. The smallest absolute Gasteiger partial charge is 0.0899 e. The van der Waals surface area contributed by atoms with Crippen molar-refractivity contribution in [3.63, 3.8) is 0 Å². The lowest BCUT2D eigenvalue weighted by atomic mass is 9.66. The molecule has 3 rings (SSSR count). The zero-order valence-electron chi connectivity index (χ0n) is 9.12. The van der Waals surface area contributed by atoms with Crippen LogP contribution in [0.1, 0.15) is 39.5 Å². The first-order valence-corrected chi connectivity index (χ1v) is 5.61. The molecule has 0 N–H and O–H groups in total. The molecular weight excluding hydrogens is 174 g/mol. The van der Waals surface area contributed by atoms with E-state index >= 15 is 0 Å². The van der Waals surface area contributed by atoms with Gasteiger partial charge in [0, 0.05) is 5.41 Å². The molecule has 0 aromatic carbocycles. The third-order valence-electron chi connectivity index (χ3n) is 3.63. The minimum absolute atomic E-state index is 0.0435. The van der Waals surface area contributed by atoms with Gasteiger partial charge in [0.1, 0.15) is 0 Å². The van der Waals surface area contributed by atoms with Crippen LogP contribution in [0.25, 0.3) is 0 Å². The predicted octanol–water partition coefficient (Wildman–Crippen LogP) is 3.53. The van der Waals surface area contributed by atoms with Crippen molar-refractivity contribution in [3.8, 4) is 0 Å². The highest BCUT2D eigenvalue weighted by atomic mass is 16.3. The van der Waals surface area contributed by atoms with E-state index in [1.54, 1.807) is 5.57 Å². The molecule has 1 fully saturated rings. The summed E-state index contributed by atoms with van der Waals surface area (Å²) < 4.78 is 0. The maximum Gasteiger partial charge on any atom is 0.0899 e. The molecule has 0 amide bonds. The summed E-state index contributed by atoms with van der Waals surface area (Å²) in [5, 5.41) is 3.09. The Hall–Kier alpha value is -0.660.